The van der Waals surface area contributed by atoms with Crippen LogP contribution in [-0.4, -0.2) is 149 Å². The maximum atomic E-state index is 13.8. The first-order chi connectivity index (χ1) is 33.9. The summed E-state index contributed by atoms with van der Waals surface area (Å²) in [7, 11) is 2.14. The van der Waals surface area contributed by atoms with Crippen molar-refractivity contribution in [1.29, 1.82) is 0 Å². The van der Waals surface area contributed by atoms with Crippen molar-refractivity contribution < 1.29 is 38.3 Å². The number of halogens is 1. The first-order valence-corrected chi connectivity index (χ1v) is 25.1. The van der Waals surface area contributed by atoms with Gasteiger partial charge in [0.1, 0.15) is 29.2 Å². The first-order valence-electron chi connectivity index (χ1n) is 24.0. The van der Waals surface area contributed by atoms with Gasteiger partial charge in [0.25, 0.3) is 23.6 Å². The maximum absolute atomic E-state index is 13.8. The van der Waals surface area contributed by atoms with E-state index >= 15 is 0 Å². The number of benzene rings is 2. The van der Waals surface area contributed by atoms with Crippen LogP contribution in [0.3, 0.4) is 0 Å². The largest absolute Gasteiger partial charge is 0.483 e. The third-order valence-corrected chi connectivity index (χ3v) is 14.6. The topological polar surface area (TPSA) is 230 Å². The van der Waals surface area contributed by atoms with E-state index in [9.17, 15) is 33.6 Å². The average Bonchev–Trinajstić information content (AvgIpc) is 4.01. The minimum absolute atomic E-state index is 0.00925. The summed E-state index contributed by atoms with van der Waals surface area (Å²) in [5, 5.41) is 21.2. The van der Waals surface area contributed by atoms with Crippen molar-refractivity contribution in [3.8, 4) is 10.8 Å². The van der Waals surface area contributed by atoms with Crippen molar-refractivity contribution in [1.82, 2.24) is 50.7 Å². The van der Waals surface area contributed by atoms with Gasteiger partial charge in [0.05, 0.1) is 28.1 Å². The van der Waals surface area contributed by atoms with E-state index < -0.39 is 35.7 Å². The van der Waals surface area contributed by atoms with Crippen LogP contribution in [0.4, 0.5) is 0 Å². The van der Waals surface area contributed by atoms with Crippen molar-refractivity contribution in [3.05, 3.63) is 92.3 Å². The van der Waals surface area contributed by atoms with Crippen LogP contribution in [0.25, 0.3) is 5.00 Å². The van der Waals surface area contributed by atoms with Gasteiger partial charge in [0.15, 0.2) is 12.4 Å². The van der Waals surface area contributed by atoms with Gasteiger partial charge in [-0.05, 0) is 76.0 Å². The van der Waals surface area contributed by atoms with Crippen molar-refractivity contribution in [2.45, 2.75) is 83.2 Å². The Hall–Kier alpha value is -6.35. The molecule has 2 aromatic carbocycles. The van der Waals surface area contributed by atoms with Gasteiger partial charge in [-0.2, -0.15) is 0 Å². The van der Waals surface area contributed by atoms with Crippen LogP contribution in [0.15, 0.2) is 53.8 Å². The van der Waals surface area contributed by atoms with Gasteiger partial charge >= 0.3 is 0 Å². The summed E-state index contributed by atoms with van der Waals surface area (Å²) in [5.41, 5.74) is 3.07. The monoisotopic (exact) mass is 995 g/mol. The molecule has 4 aliphatic heterocycles. The molecule has 2 saturated heterocycles. The van der Waals surface area contributed by atoms with Crippen molar-refractivity contribution in [2.75, 3.05) is 66.0 Å². The number of carbonyl (C=O) groups is 7. The van der Waals surface area contributed by atoms with E-state index in [2.05, 4.69) is 48.3 Å². The summed E-state index contributed by atoms with van der Waals surface area (Å²) in [6.07, 6.45) is 7.84. The third kappa shape index (κ3) is 11.6. The van der Waals surface area contributed by atoms with Crippen molar-refractivity contribution in [3.63, 3.8) is 0 Å². The number of ether oxygens (including phenoxy) is 1. The SMILES string of the molecule is Cc1c(C(=O)NCCCCCCCCNC(=O)COc2cccc3c2C(=O)N(C2CCC(=O)NC2=O)C3=O)sc2c1C(c1ccc(Cl)cc1)=N[C@@H](CC(=O)NCCCN1CCN(C)CC1)c1nncn1-2. The number of thiophene rings is 1. The van der Waals surface area contributed by atoms with Gasteiger partial charge in [-0.3, -0.25) is 53.3 Å². The molecule has 370 valence electrons. The molecule has 4 aliphatic rings. The molecule has 2 fully saturated rings. The van der Waals surface area contributed by atoms with E-state index in [1.807, 2.05) is 23.6 Å². The Labute approximate surface area is 414 Å². The average molecular weight is 997 g/mol. The van der Waals surface area contributed by atoms with Gasteiger partial charge in [-0.25, -0.2) is 0 Å². The summed E-state index contributed by atoms with van der Waals surface area (Å²) in [4.78, 5) is 102. The fourth-order valence-electron chi connectivity index (χ4n) is 9.15. The second-order valence-electron chi connectivity index (χ2n) is 18.0. The van der Waals surface area contributed by atoms with Crippen LogP contribution in [0.2, 0.25) is 5.02 Å². The number of aromatic nitrogens is 3. The number of piperazine rings is 1. The highest BCUT2D eigenvalue weighted by atomic mass is 35.5. The lowest BCUT2D eigenvalue weighted by molar-refractivity contribution is -0.136. The second-order valence-corrected chi connectivity index (χ2v) is 19.4. The number of carbonyl (C=O) groups excluding carboxylic acids is 7. The summed E-state index contributed by atoms with van der Waals surface area (Å²) in [6.45, 7) is 8.15. The highest BCUT2D eigenvalue weighted by Gasteiger charge is 2.46. The summed E-state index contributed by atoms with van der Waals surface area (Å²) in [6, 6.07) is 10.2. The molecule has 8 rings (SSSR count). The quantitative estimate of drug-likeness (QED) is 0.0687. The number of aliphatic imine (C=N–C) groups is 1. The molecule has 7 amide bonds. The van der Waals surface area contributed by atoms with Crippen molar-refractivity contribution >= 4 is 70.0 Å². The van der Waals surface area contributed by atoms with Gasteiger partial charge in [-0.1, -0.05) is 55.5 Å². The molecule has 0 radical (unpaired) electrons. The van der Waals surface area contributed by atoms with E-state index in [1.54, 1.807) is 18.5 Å². The van der Waals surface area contributed by atoms with Crippen LogP contribution in [-0.2, 0) is 19.2 Å². The number of nitrogens with zero attached hydrogens (tertiary/aromatic N) is 7. The molecular weight excluding hydrogens is 938 g/mol. The van der Waals surface area contributed by atoms with E-state index in [0.29, 0.717) is 41.1 Å². The normalized spacial score (nSPS) is 18.1. The highest BCUT2D eigenvalue weighted by Crippen LogP contribution is 2.39. The Balaban J connectivity index is 0.770. The Morgan fingerprint density at radius 1 is 0.843 bits per heavy atom. The molecule has 70 heavy (non-hydrogen) atoms. The number of hydrogen-bond acceptors (Lipinski definition) is 14. The number of piperidine rings is 1. The number of amides is 7. The van der Waals surface area contributed by atoms with Gasteiger partial charge < -0.3 is 30.5 Å². The number of unbranched alkanes of at least 4 members (excludes halogenated alkanes) is 5. The molecule has 0 aliphatic carbocycles. The molecule has 1 unspecified atom stereocenters. The lowest BCUT2D eigenvalue weighted by atomic mass is 9.99. The Morgan fingerprint density at radius 2 is 1.54 bits per heavy atom. The van der Waals surface area contributed by atoms with E-state index in [1.165, 1.54) is 29.5 Å². The van der Waals surface area contributed by atoms with Gasteiger partial charge in [-0.15, -0.1) is 21.5 Å². The Morgan fingerprint density at radius 3 is 2.29 bits per heavy atom. The fraction of sp³-hybridized carbons (Fsp3) is 0.469. The van der Waals surface area contributed by atoms with E-state index in [0.717, 1.165) is 104 Å². The number of nitrogens with one attached hydrogen (secondary N) is 4. The standard InChI is InChI=1S/C49H58ClN11O8S/c1-30-40-42(31-13-15-32(50)16-14-31)55-34(27-38(63)51-21-10-22-59-25-23-58(2)24-26-59)44-57-54-29-60(44)49(40)70-43(30)46(66)53-20-8-6-4-3-5-7-19-52-39(64)28-69-36-12-9-11-33-41(36)48(68)61(47(33)67)35-17-18-37(62)56-45(35)65/h9,11-16,29,34-35H,3-8,10,17-28H2,1-2H3,(H,51,63)(H,52,64)(H,53,66)(H,56,62,65)/t34-,35?/m0/s1. The lowest BCUT2D eigenvalue weighted by Crippen LogP contribution is -2.54. The van der Waals surface area contributed by atoms with Crippen LogP contribution in [0.1, 0.15) is 123 Å². The molecule has 21 heteroatoms. The van der Waals surface area contributed by atoms with Gasteiger partial charge in [0, 0.05) is 68.4 Å². The molecular formula is C49H58ClN11O8S. The number of fused-ring (bicyclic) bond motifs is 4. The summed E-state index contributed by atoms with van der Waals surface area (Å²) < 4.78 is 7.53. The van der Waals surface area contributed by atoms with Crippen LogP contribution in [0, 0.1) is 6.92 Å². The predicted octanol–water partition coefficient (Wildman–Crippen LogP) is 3.99. The number of hydrogen-bond donors (Lipinski definition) is 4. The third-order valence-electron chi connectivity index (χ3n) is 13.0. The zero-order valence-corrected chi connectivity index (χ0v) is 41.0. The Bertz CT molecular complexity index is 2660. The zero-order chi connectivity index (χ0) is 49.3. The van der Waals surface area contributed by atoms with Crippen LogP contribution >= 0.6 is 22.9 Å². The van der Waals surface area contributed by atoms with E-state index in [-0.39, 0.29) is 60.5 Å². The minimum atomic E-state index is -1.10. The maximum Gasteiger partial charge on any atom is 0.266 e. The zero-order valence-electron chi connectivity index (χ0n) is 39.4. The van der Waals surface area contributed by atoms with Crippen molar-refractivity contribution in [2.24, 2.45) is 4.99 Å². The number of likely N-dealkylation sites (N-methyl/N-ethyl adjacent to an activating group) is 1. The molecule has 4 aromatic rings. The number of imide groups is 2. The highest BCUT2D eigenvalue weighted by molar-refractivity contribution is 7.17. The molecule has 2 atom stereocenters. The first kappa shape index (κ1) is 50.1. The Kier molecular flexibility index (Phi) is 16.5. The lowest BCUT2D eigenvalue weighted by Gasteiger charge is -2.32. The van der Waals surface area contributed by atoms with Crippen LogP contribution < -0.4 is 26.0 Å². The van der Waals surface area contributed by atoms with Crippen LogP contribution in [0.5, 0.6) is 5.75 Å². The minimum Gasteiger partial charge on any atom is -0.483 e. The molecule has 0 bridgehead atoms. The number of rotatable bonds is 21. The van der Waals surface area contributed by atoms with E-state index in [4.69, 9.17) is 21.3 Å². The predicted molar refractivity (Wildman–Crippen MR) is 262 cm³/mol. The smallest absolute Gasteiger partial charge is 0.266 e. The summed E-state index contributed by atoms with van der Waals surface area (Å²) in [5.74, 6) is -2.62. The molecule has 4 N–H and O–H groups in total. The molecule has 19 nitrogen and oxygen atoms in total. The molecule has 2 aromatic heterocycles. The fourth-order valence-corrected chi connectivity index (χ4v) is 10.5. The molecule has 0 saturated carbocycles. The van der Waals surface area contributed by atoms with Gasteiger partial charge in [0.2, 0.25) is 17.7 Å². The molecule has 0 spiro atoms. The second kappa shape index (κ2) is 23.0. The molecule has 6 heterocycles. The summed E-state index contributed by atoms with van der Waals surface area (Å²) >= 11 is 7.65.